The fourth-order valence-corrected chi connectivity index (χ4v) is 4.20. The third-order valence-corrected chi connectivity index (χ3v) is 5.95. The molecule has 1 heterocycles. The van der Waals surface area contributed by atoms with E-state index in [4.69, 9.17) is 9.47 Å². The van der Waals surface area contributed by atoms with Gasteiger partial charge < -0.3 is 20.1 Å². The Labute approximate surface area is 185 Å². The summed E-state index contributed by atoms with van der Waals surface area (Å²) < 4.78 is 10.6. The number of carbonyl (C=O) groups is 2. The summed E-state index contributed by atoms with van der Waals surface area (Å²) in [5.41, 5.74) is 2.88. The minimum Gasteiger partial charge on any atom is -0.493 e. The molecule has 2 aromatic carbocycles. The van der Waals surface area contributed by atoms with E-state index >= 15 is 0 Å². The molecule has 160 valence electrons. The first-order chi connectivity index (χ1) is 15.0. The molecule has 0 saturated heterocycles. The number of rotatable bonds is 7. The molecule has 1 atom stereocenters. The number of thioether (sulfide) groups is 1. The minimum absolute atomic E-state index is 0.0633. The van der Waals surface area contributed by atoms with Gasteiger partial charge in [-0.25, -0.2) is 0 Å². The average Bonchev–Trinajstić information content (AvgIpc) is 2.78. The summed E-state index contributed by atoms with van der Waals surface area (Å²) in [6.45, 7) is 1.91. The number of nitrogens with one attached hydrogen (secondary N) is 2. The summed E-state index contributed by atoms with van der Waals surface area (Å²) in [6.07, 6.45) is 0.137. The van der Waals surface area contributed by atoms with E-state index in [1.165, 1.54) is 7.11 Å². The van der Waals surface area contributed by atoms with Gasteiger partial charge in [-0.2, -0.15) is 5.26 Å². The average molecular weight is 438 g/mol. The molecule has 8 heteroatoms. The number of ether oxygens (including phenoxy) is 2. The fourth-order valence-electron chi connectivity index (χ4n) is 3.32. The second kappa shape index (κ2) is 10.0. The Balaban J connectivity index is 1.81. The monoisotopic (exact) mass is 437 g/mol. The molecular formula is C23H23N3O4S. The third-order valence-electron chi connectivity index (χ3n) is 4.93. The van der Waals surface area contributed by atoms with E-state index in [9.17, 15) is 14.9 Å². The van der Waals surface area contributed by atoms with Crippen LogP contribution in [0.4, 0.5) is 5.69 Å². The first-order valence-electron chi connectivity index (χ1n) is 9.61. The van der Waals surface area contributed by atoms with E-state index in [1.54, 1.807) is 19.2 Å². The van der Waals surface area contributed by atoms with Crippen molar-refractivity contribution in [3.63, 3.8) is 0 Å². The van der Waals surface area contributed by atoms with Crippen LogP contribution in [0.1, 0.15) is 23.5 Å². The van der Waals surface area contributed by atoms with Crippen molar-refractivity contribution in [1.82, 2.24) is 5.32 Å². The SMILES string of the molecule is COc1ccc([C@@H]2CC(=O)NC(SCC(=O)Nc3ccccc3C)=C2C#N)cc1OC. The van der Waals surface area contributed by atoms with Gasteiger partial charge in [0.15, 0.2) is 11.5 Å². The Kier molecular flexibility index (Phi) is 7.21. The molecule has 2 N–H and O–H groups in total. The fraction of sp³-hybridized carbons (Fsp3) is 0.261. The first-order valence-corrected chi connectivity index (χ1v) is 10.6. The normalized spacial score (nSPS) is 15.7. The number of hydrogen-bond donors (Lipinski definition) is 2. The summed E-state index contributed by atoms with van der Waals surface area (Å²) in [6, 6.07) is 15.0. The first kappa shape index (κ1) is 22.2. The van der Waals surface area contributed by atoms with Crippen molar-refractivity contribution in [3.05, 3.63) is 64.2 Å². The number of methoxy groups -OCH3 is 2. The van der Waals surface area contributed by atoms with Crippen LogP contribution in [0, 0.1) is 18.3 Å². The van der Waals surface area contributed by atoms with Crippen LogP contribution in [-0.2, 0) is 9.59 Å². The smallest absolute Gasteiger partial charge is 0.234 e. The van der Waals surface area contributed by atoms with E-state index in [1.807, 2.05) is 37.3 Å². The van der Waals surface area contributed by atoms with E-state index in [2.05, 4.69) is 16.7 Å². The van der Waals surface area contributed by atoms with Gasteiger partial charge in [0.2, 0.25) is 11.8 Å². The minimum atomic E-state index is -0.430. The molecule has 0 aliphatic carbocycles. The molecule has 2 amide bonds. The maximum absolute atomic E-state index is 12.4. The highest BCUT2D eigenvalue weighted by molar-refractivity contribution is 8.03. The zero-order chi connectivity index (χ0) is 22.4. The Morgan fingerprint density at radius 2 is 1.97 bits per heavy atom. The molecule has 0 spiro atoms. The lowest BCUT2D eigenvalue weighted by Crippen LogP contribution is -2.31. The van der Waals surface area contributed by atoms with Gasteiger partial charge in [0, 0.05) is 18.0 Å². The number of allylic oxidation sites excluding steroid dienone is 1. The van der Waals surface area contributed by atoms with Gasteiger partial charge >= 0.3 is 0 Å². The molecule has 0 unspecified atom stereocenters. The highest BCUT2D eigenvalue weighted by Gasteiger charge is 2.30. The predicted molar refractivity (Wildman–Crippen MR) is 120 cm³/mol. The van der Waals surface area contributed by atoms with E-state index in [0.717, 1.165) is 28.6 Å². The zero-order valence-corrected chi connectivity index (χ0v) is 18.3. The lowest BCUT2D eigenvalue weighted by Gasteiger charge is -2.25. The second-order valence-electron chi connectivity index (χ2n) is 6.93. The molecule has 0 bridgehead atoms. The summed E-state index contributed by atoms with van der Waals surface area (Å²) in [4.78, 5) is 24.8. The Hall–Kier alpha value is -3.44. The van der Waals surface area contributed by atoms with E-state index in [0.29, 0.717) is 22.1 Å². The molecular weight excluding hydrogens is 414 g/mol. The molecule has 0 aromatic heterocycles. The zero-order valence-electron chi connectivity index (χ0n) is 17.5. The Bertz CT molecular complexity index is 1070. The molecule has 31 heavy (non-hydrogen) atoms. The lowest BCUT2D eigenvalue weighted by molar-refractivity contribution is -0.121. The molecule has 0 saturated carbocycles. The molecule has 0 fully saturated rings. The number of benzene rings is 2. The third kappa shape index (κ3) is 5.19. The predicted octanol–water partition coefficient (Wildman–Crippen LogP) is 3.72. The summed E-state index contributed by atoms with van der Waals surface area (Å²) in [7, 11) is 3.08. The van der Waals surface area contributed by atoms with Crippen LogP contribution in [0.2, 0.25) is 0 Å². The number of hydrogen-bond acceptors (Lipinski definition) is 6. The van der Waals surface area contributed by atoms with Gasteiger partial charge in [-0.1, -0.05) is 36.0 Å². The number of para-hydroxylation sites is 1. The molecule has 7 nitrogen and oxygen atoms in total. The van der Waals surface area contributed by atoms with Crippen molar-refractivity contribution in [2.45, 2.75) is 19.3 Å². The van der Waals surface area contributed by atoms with Crippen LogP contribution in [0.25, 0.3) is 0 Å². The summed E-state index contributed by atoms with van der Waals surface area (Å²) >= 11 is 1.14. The number of nitrogens with zero attached hydrogens (tertiary/aromatic N) is 1. The van der Waals surface area contributed by atoms with Gasteiger partial charge in [0.1, 0.15) is 0 Å². The Morgan fingerprint density at radius 3 is 2.65 bits per heavy atom. The molecule has 1 aliphatic rings. The van der Waals surface area contributed by atoms with Crippen molar-refractivity contribution in [2.24, 2.45) is 0 Å². The highest BCUT2D eigenvalue weighted by Crippen LogP contribution is 2.39. The van der Waals surface area contributed by atoms with Gasteiger partial charge in [0.25, 0.3) is 0 Å². The molecule has 0 radical (unpaired) electrons. The van der Waals surface area contributed by atoms with Gasteiger partial charge in [0.05, 0.1) is 36.6 Å². The standard InChI is InChI=1S/C23H23N3O4S/c1-14-6-4-5-7-18(14)25-22(28)13-31-23-17(12-24)16(11-21(27)26-23)15-8-9-19(29-2)20(10-15)30-3/h4-10,16H,11,13H2,1-3H3,(H,25,28)(H,26,27)/t16-/m0/s1. The number of carbonyl (C=O) groups excluding carboxylic acids is 2. The maximum Gasteiger partial charge on any atom is 0.234 e. The van der Waals surface area contributed by atoms with E-state index < -0.39 is 5.92 Å². The highest BCUT2D eigenvalue weighted by atomic mass is 32.2. The van der Waals surface area contributed by atoms with Crippen LogP contribution in [0.3, 0.4) is 0 Å². The van der Waals surface area contributed by atoms with Crippen LogP contribution in [0.5, 0.6) is 11.5 Å². The number of anilines is 1. The van der Waals surface area contributed by atoms with Gasteiger partial charge in [-0.15, -0.1) is 0 Å². The van der Waals surface area contributed by atoms with Crippen molar-refractivity contribution in [2.75, 3.05) is 25.3 Å². The number of amides is 2. The van der Waals surface area contributed by atoms with E-state index in [-0.39, 0.29) is 24.0 Å². The van der Waals surface area contributed by atoms with Crippen molar-refractivity contribution in [3.8, 4) is 17.6 Å². The van der Waals surface area contributed by atoms with Crippen molar-refractivity contribution >= 4 is 29.3 Å². The van der Waals surface area contributed by atoms with Crippen LogP contribution in [0.15, 0.2) is 53.1 Å². The molecule has 1 aliphatic heterocycles. The topological polar surface area (TPSA) is 100 Å². The number of aryl methyl sites for hydroxylation is 1. The second-order valence-corrected chi connectivity index (χ2v) is 7.91. The summed E-state index contributed by atoms with van der Waals surface area (Å²) in [5.74, 6) is 0.299. The van der Waals surface area contributed by atoms with Crippen LogP contribution in [-0.4, -0.2) is 31.8 Å². The van der Waals surface area contributed by atoms with Crippen LogP contribution >= 0.6 is 11.8 Å². The van der Waals surface area contributed by atoms with Crippen LogP contribution < -0.4 is 20.1 Å². The Morgan fingerprint density at radius 1 is 1.23 bits per heavy atom. The summed E-state index contributed by atoms with van der Waals surface area (Å²) in [5, 5.41) is 15.8. The maximum atomic E-state index is 12.4. The van der Waals surface area contributed by atoms with Crippen molar-refractivity contribution in [1.29, 1.82) is 5.26 Å². The lowest BCUT2D eigenvalue weighted by atomic mass is 9.87. The number of nitriles is 1. The molecule has 3 rings (SSSR count). The molecule has 2 aromatic rings. The largest absolute Gasteiger partial charge is 0.493 e. The van der Waals surface area contributed by atoms with Gasteiger partial charge in [-0.3, -0.25) is 9.59 Å². The van der Waals surface area contributed by atoms with Gasteiger partial charge in [-0.05, 0) is 36.2 Å². The van der Waals surface area contributed by atoms with Crippen molar-refractivity contribution < 1.29 is 19.1 Å². The quantitative estimate of drug-likeness (QED) is 0.685.